The first kappa shape index (κ1) is 80.4. The van der Waals surface area contributed by atoms with Crippen molar-refractivity contribution in [2.24, 2.45) is 0 Å². The summed E-state index contributed by atoms with van der Waals surface area (Å²) in [4.78, 5) is 109. The Morgan fingerprint density at radius 3 is 1.39 bits per heavy atom. The predicted octanol–water partition coefficient (Wildman–Crippen LogP) is 16.2. The molecule has 1 aliphatic carbocycles. The van der Waals surface area contributed by atoms with E-state index in [1.54, 1.807) is 54.6 Å². The van der Waals surface area contributed by atoms with Crippen molar-refractivity contribution in [2.45, 2.75) is 19.3 Å². The maximum absolute atomic E-state index is 14.3. The van der Waals surface area contributed by atoms with Crippen LogP contribution in [-0.2, 0) is 17.6 Å². The number of rotatable bonds is 14. The van der Waals surface area contributed by atoms with Gasteiger partial charge in [-0.15, -0.1) is 0 Å². The SMILES string of the molecule is O=C1CCc2c(nc(-c3ccc4[nH][nH]c(=O)c4c3)nc2Nc2n[nH]c3ccccc23)C1.O=c1[nH][nH]c2cc(O)c(-c3nc(Nc4n[nH]c5c(F)cc(F)cc45)c4ccccc4n3)cc12.O=c1[nH][nH]c2ccc(-c3nc(Nc4n[nH]c5c(F)cc(F)cc45)c4ccc(-n5cccc5)cc4n3)cc12.O=c1[nH][nH]c2ccc(-c3nc(Nc4n[nH]c5ccccc45)c4ccccc4n3)c([N+](=O)[O-])c12. The topological polar surface area (TPSA) is 546 Å². The third kappa shape index (κ3) is 14.7. The van der Waals surface area contributed by atoms with E-state index in [0.29, 0.717) is 142 Å². The van der Waals surface area contributed by atoms with E-state index < -0.39 is 33.8 Å². The molecule has 13 heterocycles. The predicted molar refractivity (Wildman–Crippen MR) is 494 cm³/mol. The van der Waals surface area contributed by atoms with Gasteiger partial charge in [0.2, 0.25) is 0 Å². The molecule has 1 aliphatic rings. The first-order chi connectivity index (χ1) is 65.3. The fraction of sp³-hybridized carbons (Fsp3) is 0.0326. The molecule has 0 radical (unpaired) electrons. The molecule has 11 aromatic carbocycles. The lowest BCUT2D eigenvalue weighted by Gasteiger charge is -2.19. The molecule has 0 saturated carbocycles. The first-order valence-corrected chi connectivity index (χ1v) is 41.0. The van der Waals surface area contributed by atoms with Gasteiger partial charge >= 0.3 is 0 Å². The third-order valence-electron chi connectivity index (χ3n) is 22.7. The highest BCUT2D eigenvalue weighted by molar-refractivity contribution is 6.03. The van der Waals surface area contributed by atoms with Gasteiger partial charge in [0, 0.05) is 92.7 Å². The zero-order valence-electron chi connectivity index (χ0n) is 68.6. The Morgan fingerprint density at radius 2 is 0.813 bits per heavy atom. The highest BCUT2D eigenvalue weighted by Crippen LogP contribution is 2.41. The molecule has 0 saturated heterocycles. The number of benzene rings is 11. The molecular weight excluding hydrogens is 1730 g/mol. The minimum Gasteiger partial charge on any atom is -0.507 e. The molecule has 134 heavy (non-hydrogen) atoms. The number of aromatic hydroxyl groups is 1. The minimum atomic E-state index is -0.770. The number of H-pyrrole nitrogens is 12. The Morgan fingerprint density at radius 1 is 0.358 bits per heavy atom. The number of nitrogens with one attached hydrogen (secondary N) is 16. The summed E-state index contributed by atoms with van der Waals surface area (Å²) in [5.74, 6) is 1.50. The van der Waals surface area contributed by atoms with E-state index >= 15 is 0 Å². The number of aromatic amines is 12. The summed E-state index contributed by atoms with van der Waals surface area (Å²) >= 11 is 0. The van der Waals surface area contributed by atoms with Crippen LogP contribution in [0.4, 0.5) is 69.8 Å². The van der Waals surface area contributed by atoms with Crippen molar-refractivity contribution in [3.63, 3.8) is 0 Å². The van der Waals surface area contributed by atoms with Gasteiger partial charge in [0.1, 0.15) is 62.9 Å². The van der Waals surface area contributed by atoms with Gasteiger partial charge in [-0.25, -0.2) is 57.4 Å². The second-order valence-corrected chi connectivity index (χ2v) is 30.9. The monoisotopic (exact) mass is 1790 g/mol. The molecule has 17 N–H and O–H groups in total. The number of hydrogen-bond donors (Lipinski definition) is 17. The van der Waals surface area contributed by atoms with Crippen molar-refractivity contribution in [3.8, 4) is 57.0 Å². The molecule has 0 atom stereocenters. The number of phenols is 1. The Balaban J connectivity index is 0.000000104. The van der Waals surface area contributed by atoms with Crippen LogP contribution in [0.15, 0.2) is 244 Å². The Hall–Kier alpha value is -19.4. The lowest BCUT2D eigenvalue weighted by molar-refractivity contribution is -0.382. The lowest BCUT2D eigenvalue weighted by Crippen LogP contribution is -2.18. The Kier molecular flexibility index (Phi) is 19.5. The van der Waals surface area contributed by atoms with Crippen LogP contribution in [0.1, 0.15) is 17.7 Å². The smallest absolute Gasteiger partial charge is 0.295 e. The number of carbonyl (C=O) groups excluding carboxylic acids is 1. The zero-order chi connectivity index (χ0) is 91.3. The second-order valence-electron chi connectivity index (χ2n) is 30.9. The molecule has 0 bridgehead atoms. The maximum Gasteiger partial charge on any atom is 0.295 e. The average Bonchev–Trinajstić information content (AvgIpc) is 1.43. The van der Waals surface area contributed by atoms with E-state index in [0.717, 1.165) is 56.6 Å². The second kappa shape index (κ2) is 32.4. The summed E-state index contributed by atoms with van der Waals surface area (Å²) in [7, 11) is 0. The van der Waals surface area contributed by atoms with Crippen molar-refractivity contribution in [2.75, 3.05) is 21.3 Å². The van der Waals surface area contributed by atoms with Gasteiger partial charge in [0.05, 0.1) is 98.3 Å². The quantitative estimate of drug-likeness (QED) is 0.0273. The molecule has 0 aliphatic heterocycles. The van der Waals surface area contributed by atoms with Crippen molar-refractivity contribution >= 4 is 178 Å². The van der Waals surface area contributed by atoms with E-state index in [2.05, 4.69) is 128 Å². The van der Waals surface area contributed by atoms with Crippen LogP contribution >= 0.6 is 0 Å². The normalized spacial score (nSPS) is 12.0. The van der Waals surface area contributed by atoms with Crippen molar-refractivity contribution in [1.82, 2.24) is 126 Å². The molecule has 24 aromatic rings. The van der Waals surface area contributed by atoms with Crippen LogP contribution in [0.25, 0.3) is 171 Å². The fourth-order valence-electron chi connectivity index (χ4n) is 16.2. The number of hydrogen-bond acceptors (Lipinski definition) is 24. The van der Waals surface area contributed by atoms with Crippen LogP contribution in [0.3, 0.4) is 0 Å². The number of Topliss-reactive ketones (excluding diaryl/α,β-unsaturated/α-hetero) is 1. The number of aromatic nitrogens is 25. The number of halogens is 4. The third-order valence-corrected chi connectivity index (χ3v) is 22.7. The highest BCUT2D eigenvalue weighted by Gasteiger charge is 2.29. The first-order valence-electron chi connectivity index (χ1n) is 41.0. The summed E-state index contributed by atoms with van der Waals surface area (Å²) in [5.41, 5.74) is 8.28. The molecule has 13 aromatic heterocycles. The Bertz CT molecular complexity index is 9200. The van der Waals surface area contributed by atoms with E-state index in [1.807, 2.05) is 132 Å². The van der Waals surface area contributed by atoms with Crippen LogP contribution in [-0.4, -0.2) is 142 Å². The molecule has 0 unspecified atom stereocenters. The summed E-state index contributed by atoms with van der Waals surface area (Å²) in [5, 5.41) is 89.8. The standard InChI is InChI=1S/C26H16F2N8O.C22H13F2N7O2.C22H14N8O3.C22H17N7O2/c27-14-10-18-22(19(28)11-14)33-34-25(18)31-24-16-5-4-15(36-7-1-2-8-36)12-21(16)29-23(30-24)13-3-6-20-17(9-13)26(37)35-32-20;23-9-5-13-18(14(24)6-9)29-30-21(13)27-19-10-3-1-2-4-15(10)25-20(26-19)12-7-11-16(8-17(12)32)28-31-22(11)33;31-22-17-16(27-29-22)10-9-13(18(17)30(32)33)20-23-14-7-3-1-5-11(14)19(24-20)25-21-12-6-2-4-8-15(12)26-28-21;30-12-6-7-14-18(10-12)23-19(11-5-8-17-15(9-11)22(31)29-27-17)24-20(14)25-21-13-3-1-2-4-16(13)26-28-21/h1-12H,(H2,32,35,37)(H2,29,30,31,33,34);1-8,32H,(H2,28,31,33)(H2,25,26,27,29,30);1-10H,(H2,27,29,31)(H2,23,24,25,26,28);1-5,8-9H,6-7,10H2,(H2,27,29,31)(H2,23,24,25,26,28). The van der Waals surface area contributed by atoms with Gasteiger partial charge in [-0.3, -0.25) is 95.3 Å². The van der Waals surface area contributed by atoms with Crippen molar-refractivity contribution < 1.29 is 32.4 Å². The molecule has 25 rings (SSSR count). The van der Waals surface area contributed by atoms with Gasteiger partial charge in [-0.05, 0) is 152 Å². The van der Waals surface area contributed by atoms with Crippen molar-refractivity contribution in [3.05, 3.63) is 311 Å². The van der Waals surface area contributed by atoms with Crippen LogP contribution < -0.4 is 43.5 Å². The van der Waals surface area contributed by atoms with Crippen LogP contribution in [0.2, 0.25) is 0 Å². The molecule has 0 spiro atoms. The average molecular weight is 1790 g/mol. The minimum absolute atomic E-state index is 0.0484. The molecule has 654 valence electrons. The van der Waals surface area contributed by atoms with Gasteiger partial charge < -0.3 is 30.9 Å². The molecule has 0 fully saturated rings. The largest absolute Gasteiger partial charge is 0.507 e. The molecule has 0 amide bonds. The zero-order valence-corrected chi connectivity index (χ0v) is 68.6. The number of nitro groups is 1. The van der Waals surface area contributed by atoms with Gasteiger partial charge in [0.25, 0.3) is 27.9 Å². The number of anilines is 8. The van der Waals surface area contributed by atoms with E-state index in [4.69, 9.17) is 15.0 Å². The van der Waals surface area contributed by atoms with Crippen molar-refractivity contribution in [1.29, 1.82) is 0 Å². The number of ketones is 1. The number of para-hydroxylation sites is 4. The fourth-order valence-corrected chi connectivity index (χ4v) is 16.2. The molecular formula is C92H60F4N30O8. The number of nitro benzene ring substituents is 1. The van der Waals surface area contributed by atoms with E-state index in [9.17, 15) is 56.8 Å². The van der Waals surface area contributed by atoms with Gasteiger partial charge in [-0.1, -0.05) is 48.5 Å². The summed E-state index contributed by atoms with van der Waals surface area (Å²) in [6.45, 7) is 0. The number of phenolic OH excluding ortho intramolecular Hbond substituents is 1. The highest BCUT2D eigenvalue weighted by atomic mass is 19.1. The summed E-state index contributed by atoms with van der Waals surface area (Å²) in [6.07, 6.45) is 5.17. The van der Waals surface area contributed by atoms with Gasteiger partial charge in [-0.2, -0.15) is 20.4 Å². The molecule has 38 nitrogen and oxygen atoms in total. The lowest BCUT2D eigenvalue weighted by atomic mass is 9.95. The molecule has 42 heteroatoms. The maximum atomic E-state index is 14.3. The van der Waals surface area contributed by atoms with E-state index in [-0.39, 0.29) is 102 Å². The van der Waals surface area contributed by atoms with Crippen LogP contribution in [0.5, 0.6) is 5.75 Å². The summed E-state index contributed by atoms with van der Waals surface area (Å²) in [6, 6.07) is 60.1. The number of nitrogens with zero attached hydrogens (tertiary/aromatic N) is 14. The summed E-state index contributed by atoms with van der Waals surface area (Å²) < 4.78 is 58.1. The van der Waals surface area contributed by atoms with E-state index in [1.165, 1.54) is 24.3 Å². The Labute approximate surface area is 741 Å². The number of carbonyl (C=O) groups is 1. The van der Waals surface area contributed by atoms with Gasteiger partial charge in [0.15, 0.2) is 58.2 Å². The number of fused-ring (bicyclic) bond motifs is 12. The van der Waals surface area contributed by atoms with Crippen LogP contribution in [0, 0.1) is 33.4 Å².